The van der Waals surface area contributed by atoms with Crippen molar-refractivity contribution in [2.45, 2.75) is 40.2 Å². The summed E-state index contributed by atoms with van der Waals surface area (Å²) < 4.78 is 6.53. The molecule has 0 aliphatic carbocycles. The van der Waals surface area contributed by atoms with Crippen molar-refractivity contribution in [3.63, 3.8) is 0 Å². The topological polar surface area (TPSA) is 93.2 Å². The van der Waals surface area contributed by atoms with E-state index in [-0.39, 0.29) is 18.1 Å². The standard InChI is InChI=1S/C19H23N3O4/c1-7-26-18(25)14-11(2)20-16-15(14)13(10-22(6)17(16)24)8-9-19(4,5)21-12(3)23/h10,20H,7H2,1-6H3,(H,21,23). The summed E-state index contributed by atoms with van der Waals surface area (Å²) in [5.41, 5.74) is 0.644. The summed E-state index contributed by atoms with van der Waals surface area (Å²) in [5.74, 6) is 5.29. The largest absolute Gasteiger partial charge is 0.462 e. The Morgan fingerprint density at radius 2 is 2.04 bits per heavy atom. The quantitative estimate of drug-likeness (QED) is 0.645. The number of ether oxygens (including phenoxy) is 1. The fourth-order valence-electron chi connectivity index (χ4n) is 2.80. The number of hydrogen-bond acceptors (Lipinski definition) is 4. The fraction of sp³-hybridized carbons (Fsp3) is 0.421. The van der Waals surface area contributed by atoms with Crippen LogP contribution in [0.25, 0.3) is 10.9 Å². The molecule has 2 aromatic heterocycles. The summed E-state index contributed by atoms with van der Waals surface area (Å²) in [6.07, 6.45) is 1.58. The molecule has 0 saturated carbocycles. The van der Waals surface area contributed by atoms with Gasteiger partial charge in [-0.15, -0.1) is 0 Å². The molecule has 0 bridgehead atoms. The summed E-state index contributed by atoms with van der Waals surface area (Å²) in [5, 5.41) is 3.19. The van der Waals surface area contributed by atoms with Crippen LogP contribution in [0.4, 0.5) is 0 Å². The van der Waals surface area contributed by atoms with Gasteiger partial charge in [0.25, 0.3) is 5.56 Å². The molecule has 0 aliphatic rings. The van der Waals surface area contributed by atoms with Crippen LogP contribution in [0.2, 0.25) is 0 Å². The Morgan fingerprint density at radius 1 is 1.38 bits per heavy atom. The molecule has 0 aliphatic heterocycles. The molecule has 26 heavy (non-hydrogen) atoms. The first-order valence-corrected chi connectivity index (χ1v) is 8.28. The van der Waals surface area contributed by atoms with Crippen LogP contribution in [0.3, 0.4) is 0 Å². The third kappa shape index (κ3) is 3.80. The molecule has 138 valence electrons. The Morgan fingerprint density at radius 3 is 2.62 bits per heavy atom. The van der Waals surface area contributed by atoms with Gasteiger partial charge in [0.1, 0.15) is 5.52 Å². The molecular formula is C19H23N3O4. The van der Waals surface area contributed by atoms with E-state index in [2.05, 4.69) is 22.1 Å². The molecule has 7 nitrogen and oxygen atoms in total. The minimum atomic E-state index is -0.762. The minimum absolute atomic E-state index is 0.195. The highest BCUT2D eigenvalue weighted by atomic mass is 16.5. The van der Waals surface area contributed by atoms with Gasteiger partial charge >= 0.3 is 5.97 Å². The lowest BCUT2D eigenvalue weighted by molar-refractivity contribution is -0.119. The summed E-state index contributed by atoms with van der Waals surface area (Å²) >= 11 is 0. The van der Waals surface area contributed by atoms with Gasteiger partial charge in [0.15, 0.2) is 0 Å². The maximum atomic E-state index is 12.4. The van der Waals surface area contributed by atoms with E-state index in [9.17, 15) is 14.4 Å². The maximum Gasteiger partial charge on any atom is 0.340 e. The number of carbonyl (C=O) groups excluding carboxylic acids is 2. The van der Waals surface area contributed by atoms with Gasteiger partial charge in [-0.2, -0.15) is 0 Å². The Labute approximate surface area is 151 Å². The molecule has 0 unspecified atom stereocenters. The van der Waals surface area contributed by atoms with Gasteiger partial charge < -0.3 is 19.6 Å². The highest BCUT2D eigenvalue weighted by molar-refractivity contribution is 6.07. The molecule has 0 spiro atoms. The lowest BCUT2D eigenvalue weighted by Crippen LogP contribution is -2.40. The number of pyridine rings is 1. The van der Waals surface area contributed by atoms with Gasteiger partial charge in [0.2, 0.25) is 5.91 Å². The monoisotopic (exact) mass is 357 g/mol. The van der Waals surface area contributed by atoms with Gasteiger partial charge in [0.05, 0.1) is 23.3 Å². The number of nitrogens with zero attached hydrogens (tertiary/aromatic N) is 1. The lowest BCUT2D eigenvalue weighted by atomic mass is 10.0. The number of aromatic amines is 1. The number of carbonyl (C=O) groups is 2. The molecule has 2 heterocycles. The molecule has 1 amide bonds. The highest BCUT2D eigenvalue weighted by Crippen LogP contribution is 2.24. The van der Waals surface area contributed by atoms with Crippen LogP contribution in [-0.2, 0) is 16.6 Å². The fourth-order valence-corrected chi connectivity index (χ4v) is 2.80. The van der Waals surface area contributed by atoms with Gasteiger partial charge in [0, 0.05) is 31.2 Å². The van der Waals surface area contributed by atoms with Crippen LogP contribution in [0, 0.1) is 18.8 Å². The number of nitrogens with one attached hydrogen (secondary N) is 2. The van der Waals surface area contributed by atoms with Crippen molar-refractivity contribution in [3.05, 3.63) is 33.4 Å². The van der Waals surface area contributed by atoms with E-state index in [0.29, 0.717) is 27.7 Å². The number of esters is 1. The number of H-pyrrole nitrogens is 1. The first-order chi connectivity index (χ1) is 12.1. The van der Waals surface area contributed by atoms with E-state index in [0.717, 1.165) is 0 Å². The molecule has 2 aromatic rings. The molecule has 0 saturated heterocycles. The van der Waals surface area contributed by atoms with E-state index < -0.39 is 11.5 Å². The second kappa shape index (κ2) is 7.08. The Balaban J connectivity index is 2.75. The Kier molecular flexibility index (Phi) is 5.26. The van der Waals surface area contributed by atoms with Crippen LogP contribution in [-0.4, -0.2) is 33.6 Å². The number of aryl methyl sites for hydroxylation is 2. The van der Waals surface area contributed by atoms with Crippen LogP contribution >= 0.6 is 0 Å². The van der Waals surface area contributed by atoms with Crippen LogP contribution in [0.15, 0.2) is 11.0 Å². The second-order valence-corrected chi connectivity index (χ2v) is 6.61. The summed E-state index contributed by atoms with van der Waals surface area (Å²) in [4.78, 5) is 39.1. The molecule has 2 rings (SSSR count). The van der Waals surface area contributed by atoms with Crippen molar-refractivity contribution in [2.24, 2.45) is 7.05 Å². The van der Waals surface area contributed by atoms with Gasteiger partial charge in [-0.3, -0.25) is 9.59 Å². The van der Waals surface area contributed by atoms with Gasteiger partial charge in [-0.1, -0.05) is 11.8 Å². The first-order valence-electron chi connectivity index (χ1n) is 8.28. The number of aromatic nitrogens is 2. The van der Waals surface area contributed by atoms with E-state index >= 15 is 0 Å². The molecular weight excluding hydrogens is 334 g/mol. The molecule has 0 aromatic carbocycles. The predicted molar refractivity (Wildman–Crippen MR) is 99.0 cm³/mol. The smallest absolute Gasteiger partial charge is 0.340 e. The van der Waals surface area contributed by atoms with Crippen molar-refractivity contribution in [1.29, 1.82) is 0 Å². The SMILES string of the molecule is CCOC(=O)c1c(C)[nH]c2c(=O)n(C)cc(C#CC(C)(C)NC(C)=O)c12. The lowest BCUT2D eigenvalue weighted by Gasteiger charge is -2.18. The Hall–Kier alpha value is -3.01. The van der Waals surface area contributed by atoms with Crippen molar-refractivity contribution >= 4 is 22.8 Å². The average Bonchev–Trinajstić information content (AvgIpc) is 2.86. The van der Waals surface area contributed by atoms with Crippen molar-refractivity contribution in [2.75, 3.05) is 6.61 Å². The van der Waals surface area contributed by atoms with E-state index in [1.807, 2.05) is 0 Å². The van der Waals surface area contributed by atoms with Crippen LogP contribution in [0.1, 0.15) is 49.3 Å². The van der Waals surface area contributed by atoms with Gasteiger partial charge in [-0.25, -0.2) is 4.79 Å². The summed E-state index contributed by atoms with van der Waals surface area (Å²) in [6.45, 7) is 8.63. The van der Waals surface area contributed by atoms with E-state index in [1.165, 1.54) is 11.5 Å². The number of rotatable bonds is 3. The Bertz CT molecular complexity index is 1000. The zero-order valence-electron chi connectivity index (χ0n) is 15.9. The van der Waals surface area contributed by atoms with Crippen molar-refractivity contribution in [1.82, 2.24) is 14.9 Å². The zero-order chi connectivity index (χ0) is 19.6. The van der Waals surface area contributed by atoms with Crippen LogP contribution in [0.5, 0.6) is 0 Å². The van der Waals surface area contributed by atoms with E-state index in [4.69, 9.17) is 4.74 Å². The van der Waals surface area contributed by atoms with Gasteiger partial charge in [-0.05, 0) is 27.7 Å². The first kappa shape index (κ1) is 19.3. The molecule has 0 radical (unpaired) electrons. The zero-order valence-corrected chi connectivity index (χ0v) is 15.9. The maximum absolute atomic E-state index is 12.4. The van der Waals surface area contributed by atoms with Crippen molar-refractivity contribution in [3.8, 4) is 11.8 Å². The average molecular weight is 357 g/mol. The molecule has 2 N–H and O–H groups in total. The summed E-state index contributed by atoms with van der Waals surface area (Å²) in [7, 11) is 1.62. The predicted octanol–water partition coefficient (Wildman–Crippen LogP) is 1.62. The third-order valence-electron chi connectivity index (χ3n) is 3.79. The molecule has 7 heteroatoms. The summed E-state index contributed by atoms with van der Waals surface area (Å²) in [6, 6.07) is 0. The molecule has 0 atom stereocenters. The highest BCUT2D eigenvalue weighted by Gasteiger charge is 2.22. The second-order valence-electron chi connectivity index (χ2n) is 6.61. The normalized spacial score (nSPS) is 11.0. The third-order valence-corrected chi connectivity index (χ3v) is 3.79. The number of hydrogen-bond donors (Lipinski definition) is 2. The number of amides is 1. The minimum Gasteiger partial charge on any atom is -0.462 e. The van der Waals surface area contributed by atoms with E-state index in [1.54, 1.807) is 40.9 Å². The van der Waals surface area contributed by atoms with Crippen molar-refractivity contribution < 1.29 is 14.3 Å². The number of fused-ring (bicyclic) bond motifs is 1. The van der Waals surface area contributed by atoms with Crippen LogP contribution < -0.4 is 10.9 Å². The molecule has 0 fully saturated rings.